The van der Waals surface area contributed by atoms with Crippen molar-refractivity contribution in [2.24, 2.45) is 17.8 Å². The number of hydrogen-bond acceptors (Lipinski definition) is 4. The largest absolute Gasteiger partial charge is 0.480 e. The van der Waals surface area contributed by atoms with Gasteiger partial charge in [-0.3, -0.25) is 0 Å². The molecular formula is C20H34O5. The first-order valence-electron chi connectivity index (χ1n) is 9.43. The molecule has 0 saturated heterocycles. The molecule has 144 valence electrons. The lowest BCUT2D eigenvalue weighted by Gasteiger charge is -2.31. The molecule has 0 aromatic rings. The zero-order valence-corrected chi connectivity index (χ0v) is 16.1. The molecule has 1 fully saturated rings. The Balaban J connectivity index is 1.60. The van der Waals surface area contributed by atoms with Gasteiger partial charge in [0.1, 0.15) is 6.61 Å². The monoisotopic (exact) mass is 354 g/mol. The van der Waals surface area contributed by atoms with Gasteiger partial charge in [-0.25, -0.2) is 4.79 Å². The third kappa shape index (κ3) is 7.08. The number of rotatable bonds is 12. The molecule has 3 atom stereocenters. The van der Waals surface area contributed by atoms with E-state index in [4.69, 9.17) is 19.3 Å². The fraction of sp³-hybridized carbons (Fsp3) is 0.850. The third-order valence-electron chi connectivity index (χ3n) is 5.38. The molecule has 3 unspecified atom stereocenters. The minimum absolute atomic E-state index is 0.193. The predicted octanol–water partition coefficient (Wildman–Crippen LogP) is 3.67. The number of allylic oxidation sites excluding steroid dienone is 2. The van der Waals surface area contributed by atoms with Crippen molar-refractivity contribution in [2.45, 2.75) is 64.6 Å². The molecule has 2 aliphatic rings. The van der Waals surface area contributed by atoms with Gasteiger partial charge in [-0.2, -0.15) is 0 Å². The van der Waals surface area contributed by atoms with Crippen LogP contribution in [0.5, 0.6) is 0 Å². The Morgan fingerprint density at radius 3 is 2.32 bits per heavy atom. The minimum Gasteiger partial charge on any atom is -0.480 e. The van der Waals surface area contributed by atoms with Gasteiger partial charge in [-0.15, -0.1) is 0 Å². The van der Waals surface area contributed by atoms with Crippen LogP contribution in [0.1, 0.15) is 53.4 Å². The van der Waals surface area contributed by atoms with Crippen LogP contribution in [-0.2, 0) is 19.0 Å². The smallest absolute Gasteiger partial charge is 0.329 e. The normalized spacial score (nSPS) is 25.7. The van der Waals surface area contributed by atoms with Crippen molar-refractivity contribution in [3.8, 4) is 0 Å². The van der Waals surface area contributed by atoms with Gasteiger partial charge in [0.05, 0.1) is 31.0 Å². The summed E-state index contributed by atoms with van der Waals surface area (Å²) in [6.07, 6.45) is 8.82. The highest BCUT2D eigenvalue weighted by molar-refractivity contribution is 5.67. The van der Waals surface area contributed by atoms with E-state index in [1.54, 1.807) is 0 Å². The summed E-state index contributed by atoms with van der Waals surface area (Å²) in [5.41, 5.74) is -0.522. The van der Waals surface area contributed by atoms with Crippen molar-refractivity contribution < 1.29 is 24.1 Å². The van der Waals surface area contributed by atoms with Crippen molar-refractivity contribution in [2.75, 3.05) is 26.4 Å². The minimum atomic E-state index is -0.941. The van der Waals surface area contributed by atoms with Crippen molar-refractivity contribution in [3.05, 3.63) is 12.2 Å². The van der Waals surface area contributed by atoms with Gasteiger partial charge < -0.3 is 19.3 Å². The van der Waals surface area contributed by atoms with E-state index < -0.39 is 5.97 Å². The Hall–Kier alpha value is -0.910. The van der Waals surface area contributed by atoms with Crippen LogP contribution in [0.15, 0.2) is 12.2 Å². The van der Waals surface area contributed by atoms with Crippen LogP contribution in [0.25, 0.3) is 0 Å². The second-order valence-electron chi connectivity index (χ2n) is 8.67. The van der Waals surface area contributed by atoms with E-state index in [0.717, 1.165) is 24.9 Å². The highest BCUT2D eigenvalue weighted by Gasteiger charge is 2.36. The molecule has 25 heavy (non-hydrogen) atoms. The van der Waals surface area contributed by atoms with Gasteiger partial charge in [0.25, 0.3) is 0 Å². The summed E-state index contributed by atoms with van der Waals surface area (Å²) in [4.78, 5) is 10.4. The number of carboxylic acid groups (broad SMARTS) is 1. The molecular weight excluding hydrogens is 320 g/mol. The molecule has 0 spiro atoms. The van der Waals surface area contributed by atoms with E-state index in [9.17, 15) is 4.79 Å². The third-order valence-corrected chi connectivity index (χ3v) is 5.38. The van der Waals surface area contributed by atoms with E-state index >= 15 is 0 Å². The second-order valence-corrected chi connectivity index (χ2v) is 8.67. The van der Waals surface area contributed by atoms with Crippen LogP contribution >= 0.6 is 0 Å². The summed E-state index contributed by atoms with van der Waals surface area (Å²) in [5, 5.41) is 8.56. The number of carbonyl (C=O) groups is 1. The Bertz CT molecular complexity index is 469. The van der Waals surface area contributed by atoms with E-state index in [-0.39, 0.29) is 17.8 Å². The molecule has 5 heteroatoms. The van der Waals surface area contributed by atoms with Gasteiger partial charge in [-0.05, 0) is 71.1 Å². The number of fused-ring (bicyclic) bond motifs is 2. The molecule has 0 heterocycles. The van der Waals surface area contributed by atoms with Crippen LogP contribution in [0.4, 0.5) is 0 Å². The van der Waals surface area contributed by atoms with Gasteiger partial charge >= 0.3 is 5.97 Å². The number of ether oxygens (including phenoxy) is 3. The number of aliphatic carboxylic acids is 1. The van der Waals surface area contributed by atoms with Gasteiger partial charge in [0, 0.05) is 0 Å². The van der Waals surface area contributed by atoms with Crippen LogP contribution < -0.4 is 0 Å². The molecule has 0 aromatic carbocycles. The van der Waals surface area contributed by atoms with Crippen molar-refractivity contribution in [1.82, 2.24) is 0 Å². The van der Waals surface area contributed by atoms with Gasteiger partial charge in [-0.1, -0.05) is 12.2 Å². The van der Waals surface area contributed by atoms with Gasteiger partial charge in [0.15, 0.2) is 0 Å². The number of carboxylic acids is 1. The summed E-state index contributed by atoms with van der Waals surface area (Å²) < 4.78 is 17.3. The van der Waals surface area contributed by atoms with Crippen LogP contribution in [-0.4, -0.2) is 48.7 Å². The molecule has 2 bridgehead atoms. The lowest BCUT2D eigenvalue weighted by molar-refractivity contribution is -0.143. The first kappa shape index (κ1) is 20.4. The van der Waals surface area contributed by atoms with Gasteiger partial charge in [0.2, 0.25) is 0 Å². The predicted molar refractivity (Wildman–Crippen MR) is 96.6 cm³/mol. The number of hydrogen-bond donors (Lipinski definition) is 1. The second kappa shape index (κ2) is 8.65. The SMILES string of the molecule is CC(C)(CCOCC(=O)O)OCCC(C)(C)OCC1CC2C=CC1C2. The zero-order chi connectivity index (χ0) is 18.5. The average Bonchev–Trinajstić information content (AvgIpc) is 3.12. The van der Waals surface area contributed by atoms with Crippen LogP contribution in [0.2, 0.25) is 0 Å². The fourth-order valence-electron chi connectivity index (χ4n) is 3.61. The molecule has 0 aromatic heterocycles. The average molecular weight is 354 g/mol. The maximum atomic E-state index is 10.4. The molecule has 0 aliphatic heterocycles. The summed E-state index contributed by atoms with van der Waals surface area (Å²) in [6.45, 7) is 9.86. The van der Waals surface area contributed by atoms with E-state index in [2.05, 4.69) is 26.0 Å². The first-order chi connectivity index (χ1) is 11.7. The van der Waals surface area contributed by atoms with E-state index in [1.807, 2.05) is 13.8 Å². The van der Waals surface area contributed by atoms with E-state index in [0.29, 0.717) is 25.6 Å². The molecule has 2 aliphatic carbocycles. The fourth-order valence-corrected chi connectivity index (χ4v) is 3.61. The highest BCUT2D eigenvalue weighted by Crippen LogP contribution is 2.43. The maximum Gasteiger partial charge on any atom is 0.329 e. The molecule has 5 nitrogen and oxygen atoms in total. The first-order valence-corrected chi connectivity index (χ1v) is 9.43. The lowest BCUT2D eigenvalue weighted by Crippen LogP contribution is -2.33. The summed E-state index contributed by atoms with van der Waals surface area (Å²) >= 11 is 0. The Morgan fingerprint density at radius 1 is 1.04 bits per heavy atom. The summed E-state index contributed by atoms with van der Waals surface area (Å²) in [6, 6.07) is 0. The Kier molecular flexibility index (Phi) is 7.06. The van der Waals surface area contributed by atoms with Crippen molar-refractivity contribution >= 4 is 5.97 Å². The molecule has 1 saturated carbocycles. The Labute approximate surface area is 151 Å². The molecule has 1 N–H and O–H groups in total. The highest BCUT2D eigenvalue weighted by atomic mass is 16.5. The van der Waals surface area contributed by atoms with Crippen LogP contribution in [0.3, 0.4) is 0 Å². The Morgan fingerprint density at radius 2 is 1.72 bits per heavy atom. The molecule has 0 radical (unpaired) electrons. The lowest BCUT2D eigenvalue weighted by atomic mass is 9.94. The molecule has 2 rings (SSSR count). The molecule has 0 amide bonds. The zero-order valence-electron chi connectivity index (χ0n) is 16.1. The van der Waals surface area contributed by atoms with Crippen molar-refractivity contribution in [3.63, 3.8) is 0 Å². The maximum absolute atomic E-state index is 10.4. The standard InChI is InChI=1S/C20H34O5/c1-19(2,7-9-23-14-18(21)22)24-10-8-20(3,4)25-13-17-12-15-5-6-16(17)11-15/h5-6,15-17H,7-14H2,1-4H3,(H,21,22). The van der Waals surface area contributed by atoms with Crippen molar-refractivity contribution in [1.29, 1.82) is 0 Å². The topological polar surface area (TPSA) is 65.0 Å². The summed E-state index contributed by atoms with van der Waals surface area (Å²) in [7, 11) is 0. The van der Waals surface area contributed by atoms with Crippen LogP contribution in [0, 0.1) is 17.8 Å². The summed E-state index contributed by atoms with van der Waals surface area (Å²) in [5.74, 6) is 1.25. The van der Waals surface area contributed by atoms with E-state index in [1.165, 1.54) is 12.8 Å². The quantitative estimate of drug-likeness (QED) is 0.428.